The van der Waals surface area contributed by atoms with Gasteiger partial charge in [-0.3, -0.25) is 24.2 Å². The van der Waals surface area contributed by atoms with Gasteiger partial charge in [-0.2, -0.15) is 10.4 Å². The summed E-state index contributed by atoms with van der Waals surface area (Å²) in [6.07, 6.45) is 4.76. The van der Waals surface area contributed by atoms with E-state index in [4.69, 9.17) is 16.3 Å². The van der Waals surface area contributed by atoms with E-state index in [0.29, 0.717) is 40.2 Å². The number of halogens is 2. The molecule has 11 heteroatoms. The van der Waals surface area contributed by atoms with Gasteiger partial charge in [-0.25, -0.2) is 4.39 Å². The fourth-order valence-corrected chi connectivity index (χ4v) is 6.01. The number of benzene rings is 2. The van der Waals surface area contributed by atoms with Crippen molar-refractivity contribution in [3.05, 3.63) is 117 Å². The Hall–Kier alpha value is -4.43. The molecule has 3 atom stereocenters. The first kappa shape index (κ1) is 28.7. The van der Waals surface area contributed by atoms with Crippen LogP contribution in [0.4, 0.5) is 4.39 Å². The van der Waals surface area contributed by atoms with Gasteiger partial charge < -0.3 is 9.84 Å². The van der Waals surface area contributed by atoms with Crippen molar-refractivity contribution in [1.82, 2.24) is 19.7 Å². The molecule has 0 radical (unpaired) electrons. The minimum Gasteiger partial charge on any atom is -0.381 e. The number of aliphatic hydroxyl groups is 1. The molecule has 6 rings (SSSR count). The first-order valence-electron chi connectivity index (χ1n) is 13.7. The molecule has 1 aliphatic heterocycles. The molecule has 218 valence electrons. The second-order valence-electron chi connectivity index (χ2n) is 11.1. The van der Waals surface area contributed by atoms with Crippen LogP contribution in [0.2, 0.25) is 5.02 Å². The van der Waals surface area contributed by atoms with E-state index in [1.165, 1.54) is 41.0 Å². The molecule has 3 heterocycles. The van der Waals surface area contributed by atoms with Crippen LogP contribution in [-0.2, 0) is 34.4 Å². The van der Waals surface area contributed by atoms with E-state index in [-0.39, 0.29) is 35.4 Å². The maximum Gasteiger partial charge on any atom is 0.257 e. The lowest BCUT2D eigenvalue weighted by atomic mass is 9.85. The summed E-state index contributed by atoms with van der Waals surface area (Å²) in [7, 11) is 1.70. The highest BCUT2D eigenvalue weighted by molar-refractivity contribution is 6.30. The van der Waals surface area contributed by atoms with E-state index in [2.05, 4.69) is 10.1 Å². The maximum atomic E-state index is 16.7. The number of Topliss-reactive ketones (excluding diaryl/α,β-unsaturated/α-hetero) is 1. The third-order valence-corrected chi connectivity index (χ3v) is 8.41. The number of pyridine rings is 1. The first-order chi connectivity index (χ1) is 20.5. The van der Waals surface area contributed by atoms with Crippen LogP contribution in [0.1, 0.15) is 70.1 Å². The molecule has 2 aromatic carbocycles. The summed E-state index contributed by atoms with van der Waals surface area (Å²) in [5.74, 6) is -1.30. The van der Waals surface area contributed by atoms with Gasteiger partial charge in [0, 0.05) is 48.4 Å². The lowest BCUT2D eigenvalue weighted by Crippen LogP contribution is -2.48. The Bertz CT molecular complexity index is 1780. The number of aromatic nitrogens is 3. The maximum absolute atomic E-state index is 16.7. The molecule has 43 heavy (non-hydrogen) atoms. The summed E-state index contributed by atoms with van der Waals surface area (Å²) in [5.41, 5.74) is -1.69. The highest BCUT2D eigenvalue weighted by Crippen LogP contribution is 2.50. The second kappa shape index (κ2) is 10.7. The van der Waals surface area contributed by atoms with Crippen molar-refractivity contribution in [3.8, 4) is 6.07 Å². The summed E-state index contributed by atoms with van der Waals surface area (Å²) in [6.45, 7) is 1.41. The van der Waals surface area contributed by atoms with Crippen LogP contribution in [0.15, 0.2) is 67.1 Å². The van der Waals surface area contributed by atoms with Gasteiger partial charge in [-0.1, -0.05) is 23.7 Å². The summed E-state index contributed by atoms with van der Waals surface area (Å²) < 4.78 is 24.9. The molecule has 9 nitrogen and oxygen atoms in total. The molecule has 4 aromatic rings. The SMILES string of the molecule is Cn1cc(C(C)(O)c2cc(F)c3c(c2)C(=O)N(Cc2ccc(C#N)cn2)[C@@]3(O[C@H]2CCC(=O)C2)c2ccc(Cl)cc2)cn1. The molecule has 0 spiro atoms. The van der Waals surface area contributed by atoms with Crippen LogP contribution in [-0.4, -0.2) is 42.6 Å². The lowest BCUT2D eigenvalue weighted by Gasteiger charge is -2.41. The van der Waals surface area contributed by atoms with Crippen molar-refractivity contribution in [2.24, 2.45) is 7.05 Å². The van der Waals surface area contributed by atoms with Crippen molar-refractivity contribution < 1.29 is 23.8 Å². The molecule has 1 amide bonds. The summed E-state index contributed by atoms with van der Waals surface area (Å²) in [5, 5.41) is 25.3. The van der Waals surface area contributed by atoms with Gasteiger partial charge in [-0.05, 0) is 55.3 Å². The van der Waals surface area contributed by atoms with E-state index >= 15 is 4.39 Å². The molecule has 1 unspecified atom stereocenters. The third kappa shape index (κ3) is 4.89. The molecular formula is C32H27ClFN5O4. The molecule has 1 N–H and O–H groups in total. The number of rotatable bonds is 7. The van der Waals surface area contributed by atoms with Crippen molar-refractivity contribution in [1.29, 1.82) is 5.26 Å². The fourth-order valence-electron chi connectivity index (χ4n) is 5.88. The van der Waals surface area contributed by atoms with E-state index in [1.807, 2.05) is 6.07 Å². The van der Waals surface area contributed by atoms with Crippen LogP contribution >= 0.6 is 11.6 Å². The van der Waals surface area contributed by atoms with Gasteiger partial charge in [0.25, 0.3) is 5.91 Å². The molecule has 2 aromatic heterocycles. The van der Waals surface area contributed by atoms with Crippen LogP contribution in [0.5, 0.6) is 0 Å². The van der Waals surface area contributed by atoms with Crippen LogP contribution in [0, 0.1) is 17.1 Å². The number of aryl methyl sites for hydroxylation is 1. The average molecular weight is 600 g/mol. The minimum absolute atomic E-state index is 0.00656. The second-order valence-corrected chi connectivity index (χ2v) is 11.5. The molecule has 0 saturated heterocycles. The molecule has 2 aliphatic rings. The number of ketones is 1. The number of carbonyl (C=O) groups is 2. The van der Waals surface area contributed by atoms with Gasteiger partial charge in [0.1, 0.15) is 23.3 Å². The Balaban J connectivity index is 1.57. The smallest absolute Gasteiger partial charge is 0.257 e. The lowest BCUT2D eigenvalue weighted by molar-refractivity contribution is -0.149. The third-order valence-electron chi connectivity index (χ3n) is 8.16. The number of hydrogen-bond acceptors (Lipinski definition) is 7. The molecule has 0 bridgehead atoms. The van der Waals surface area contributed by atoms with E-state index in [1.54, 1.807) is 49.6 Å². The van der Waals surface area contributed by atoms with Crippen LogP contribution in [0.3, 0.4) is 0 Å². The van der Waals surface area contributed by atoms with Gasteiger partial charge in [-0.15, -0.1) is 0 Å². The molecule has 1 fully saturated rings. The Morgan fingerprint density at radius 2 is 1.95 bits per heavy atom. The highest BCUT2D eigenvalue weighted by atomic mass is 35.5. The minimum atomic E-state index is -1.79. The van der Waals surface area contributed by atoms with E-state index < -0.39 is 29.2 Å². The van der Waals surface area contributed by atoms with Gasteiger partial charge in [0.2, 0.25) is 5.72 Å². The van der Waals surface area contributed by atoms with Crippen LogP contribution in [0.25, 0.3) is 0 Å². The fraction of sp³-hybridized carbons (Fsp3) is 0.281. The monoisotopic (exact) mass is 599 g/mol. The average Bonchev–Trinajstić information content (AvgIpc) is 3.68. The Labute approximate surface area is 252 Å². The predicted octanol–water partition coefficient (Wildman–Crippen LogP) is 4.73. The normalized spacial score (nSPS) is 21.1. The number of fused-ring (bicyclic) bond motifs is 1. The van der Waals surface area contributed by atoms with E-state index in [0.717, 1.165) is 0 Å². The zero-order chi connectivity index (χ0) is 30.5. The zero-order valence-electron chi connectivity index (χ0n) is 23.4. The summed E-state index contributed by atoms with van der Waals surface area (Å²) >= 11 is 6.23. The van der Waals surface area contributed by atoms with Gasteiger partial charge >= 0.3 is 0 Å². The number of hydrogen-bond donors (Lipinski definition) is 1. The first-order valence-corrected chi connectivity index (χ1v) is 14.1. The highest BCUT2D eigenvalue weighted by Gasteiger charge is 2.56. The predicted molar refractivity (Wildman–Crippen MR) is 153 cm³/mol. The number of amides is 1. The van der Waals surface area contributed by atoms with Crippen LogP contribution < -0.4 is 0 Å². The number of carbonyl (C=O) groups excluding carboxylic acids is 2. The number of nitrogens with zero attached hydrogens (tertiary/aromatic N) is 5. The number of ether oxygens (including phenoxy) is 1. The Kier molecular flexibility index (Phi) is 7.13. The zero-order valence-corrected chi connectivity index (χ0v) is 24.2. The summed E-state index contributed by atoms with van der Waals surface area (Å²) in [4.78, 5) is 32.4. The van der Waals surface area contributed by atoms with Gasteiger partial charge in [0.15, 0.2) is 0 Å². The van der Waals surface area contributed by atoms with Crippen molar-refractivity contribution in [2.45, 2.75) is 50.2 Å². The molecule has 1 saturated carbocycles. The Morgan fingerprint density at radius 3 is 2.56 bits per heavy atom. The largest absolute Gasteiger partial charge is 0.381 e. The van der Waals surface area contributed by atoms with Crippen molar-refractivity contribution >= 4 is 23.3 Å². The topological polar surface area (TPSA) is 121 Å². The quantitative estimate of drug-likeness (QED) is 0.326. The van der Waals surface area contributed by atoms with Gasteiger partial charge in [0.05, 0.1) is 41.2 Å². The standard InChI is InChI=1S/C32H27ClFN5O4/c1-31(42,22-16-37-38(2)17-22)21-11-27-29(28(34)12-21)32(20-4-6-23(33)7-5-20,43-26-10-9-25(40)13-26)39(30(27)41)18-24-8-3-19(14-35)15-36-24/h3-8,11-12,15-17,26,42H,9-10,13,18H2,1-2H3/t26-,31?,32+/m0/s1. The summed E-state index contributed by atoms with van der Waals surface area (Å²) in [6, 6.07) is 14.5. The van der Waals surface area contributed by atoms with Crippen molar-refractivity contribution in [3.63, 3.8) is 0 Å². The molecular weight excluding hydrogens is 573 g/mol. The van der Waals surface area contributed by atoms with Crippen molar-refractivity contribution in [2.75, 3.05) is 0 Å². The molecule has 1 aliphatic carbocycles. The number of nitriles is 1. The van der Waals surface area contributed by atoms with E-state index in [9.17, 15) is 20.0 Å². The Morgan fingerprint density at radius 1 is 1.19 bits per heavy atom.